The Bertz CT molecular complexity index is 867. The lowest BCUT2D eigenvalue weighted by Crippen LogP contribution is -2.43. The highest BCUT2D eigenvalue weighted by Gasteiger charge is 2.39. The minimum Gasteiger partial charge on any atom is -0.299 e. The van der Waals surface area contributed by atoms with Crippen LogP contribution >= 0.6 is 11.3 Å². The average Bonchev–Trinajstić information content (AvgIpc) is 3.24. The summed E-state index contributed by atoms with van der Waals surface area (Å²) < 4.78 is 39.7. The van der Waals surface area contributed by atoms with Gasteiger partial charge >= 0.3 is 0 Å². The van der Waals surface area contributed by atoms with Crippen LogP contribution < -0.4 is 5.32 Å². The fraction of sp³-hybridized carbons (Fsp3) is 0.400. The second kappa shape index (κ2) is 7.14. The highest BCUT2D eigenvalue weighted by atomic mass is 32.2. The maximum Gasteiger partial charge on any atom is 0.244 e. The first-order valence-electron chi connectivity index (χ1n) is 7.82. The first-order chi connectivity index (χ1) is 11.9. The molecule has 0 saturated carbocycles. The number of hydrogen-bond donors (Lipinski definition) is 1. The smallest absolute Gasteiger partial charge is 0.244 e. The molecule has 1 amide bonds. The van der Waals surface area contributed by atoms with Crippen molar-refractivity contribution in [2.45, 2.75) is 37.1 Å². The van der Waals surface area contributed by atoms with Gasteiger partial charge in [0, 0.05) is 6.54 Å². The molecular weight excluding hydrogens is 367 g/mol. The average molecular weight is 384 g/mol. The number of carbonyl (C=O) groups is 1. The Morgan fingerprint density at radius 3 is 2.72 bits per heavy atom. The van der Waals surface area contributed by atoms with Crippen LogP contribution in [-0.4, -0.2) is 41.4 Å². The summed E-state index contributed by atoms with van der Waals surface area (Å²) in [4.78, 5) is 12.5. The standard InChI is InChI=1S/C15H17FN4O3S2/c1-2-13-18-19-15(24-13)17-14(21)12-4-3-9-20(12)25(22,23)11-7-5-10(16)6-8-11/h5-8,12H,2-4,9H2,1H3,(H,17,19,21)/t12-/m1/s1. The van der Waals surface area contributed by atoms with E-state index >= 15 is 0 Å². The fourth-order valence-corrected chi connectivity index (χ4v) is 5.01. The third-order valence-electron chi connectivity index (χ3n) is 3.93. The number of benzene rings is 1. The van der Waals surface area contributed by atoms with E-state index in [1.165, 1.54) is 23.5 Å². The van der Waals surface area contributed by atoms with E-state index in [0.717, 1.165) is 21.4 Å². The molecule has 0 spiro atoms. The molecule has 3 rings (SSSR count). The molecule has 0 aliphatic carbocycles. The molecule has 1 aromatic carbocycles. The van der Waals surface area contributed by atoms with E-state index in [-0.39, 0.29) is 11.4 Å². The van der Waals surface area contributed by atoms with Gasteiger partial charge in [0.25, 0.3) is 0 Å². The van der Waals surface area contributed by atoms with Crippen molar-refractivity contribution in [3.8, 4) is 0 Å². The first kappa shape index (κ1) is 17.9. The van der Waals surface area contributed by atoms with Gasteiger partial charge < -0.3 is 0 Å². The lowest BCUT2D eigenvalue weighted by atomic mass is 10.2. The Balaban J connectivity index is 1.79. The number of halogens is 1. The van der Waals surface area contributed by atoms with Crippen molar-refractivity contribution in [1.82, 2.24) is 14.5 Å². The molecule has 1 aliphatic heterocycles. The van der Waals surface area contributed by atoms with Crippen LogP contribution in [0, 0.1) is 5.82 Å². The molecule has 1 fully saturated rings. The van der Waals surface area contributed by atoms with Crippen LogP contribution in [0.15, 0.2) is 29.2 Å². The number of carbonyl (C=O) groups excluding carboxylic acids is 1. The van der Waals surface area contributed by atoms with Crippen LogP contribution in [0.25, 0.3) is 0 Å². The summed E-state index contributed by atoms with van der Waals surface area (Å²) in [6.07, 6.45) is 1.71. The van der Waals surface area contributed by atoms with Crippen LogP contribution in [0.2, 0.25) is 0 Å². The summed E-state index contributed by atoms with van der Waals surface area (Å²) in [7, 11) is -3.87. The molecule has 134 valence electrons. The summed E-state index contributed by atoms with van der Waals surface area (Å²) >= 11 is 1.26. The summed E-state index contributed by atoms with van der Waals surface area (Å²) in [5, 5.41) is 11.6. The largest absolute Gasteiger partial charge is 0.299 e. The van der Waals surface area contributed by atoms with Gasteiger partial charge in [0.1, 0.15) is 16.9 Å². The van der Waals surface area contributed by atoms with Gasteiger partial charge in [0.05, 0.1) is 4.90 Å². The molecule has 7 nitrogen and oxygen atoms in total. The molecular formula is C15H17FN4O3S2. The van der Waals surface area contributed by atoms with Crippen molar-refractivity contribution in [3.63, 3.8) is 0 Å². The quantitative estimate of drug-likeness (QED) is 0.852. The SMILES string of the molecule is CCc1nnc(NC(=O)[C@H]2CCCN2S(=O)(=O)c2ccc(F)cc2)s1. The lowest BCUT2D eigenvalue weighted by molar-refractivity contribution is -0.119. The number of amides is 1. The van der Waals surface area contributed by atoms with Crippen molar-refractivity contribution in [2.75, 3.05) is 11.9 Å². The Hall–Kier alpha value is -1.91. The number of aromatic nitrogens is 2. The van der Waals surface area contributed by atoms with Crippen LogP contribution in [0.3, 0.4) is 0 Å². The number of sulfonamides is 1. The van der Waals surface area contributed by atoms with Gasteiger partial charge in [-0.05, 0) is 43.5 Å². The zero-order valence-corrected chi connectivity index (χ0v) is 15.1. The Morgan fingerprint density at radius 2 is 2.08 bits per heavy atom. The maximum atomic E-state index is 13.0. The molecule has 0 bridgehead atoms. The number of nitrogens with one attached hydrogen (secondary N) is 1. The molecule has 0 unspecified atom stereocenters. The van der Waals surface area contributed by atoms with Crippen LogP contribution in [0.5, 0.6) is 0 Å². The summed E-state index contributed by atoms with van der Waals surface area (Å²) in [5.74, 6) is -0.945. The zero-order valence-electron chi connectivity index (χ0n) is 13.5. The van der Waals surface area contributed by atoms with Gasteiger partial charge in [-0.1, -0.05) is 18.3 Å². The van der Waals surface area contributed by atoms with Crippen molar-refractivity contribution in [3.05, 3.63) is 35.1 Å². The van der Waals surface area contributed by atoms with E-state index in [4.69, 9.17) is 0 Å². The monoisotopic (exact) mass is 384 g/mol. The first-order valence-corrected chi connectivity index (χ1v) is 10.1. The molecule has 25 heavy (non-hydrogen) atoms. The molecule has 0 radical (unpaired) electrons. The van der Waals surface area contributed by atoms with Crippen LogP contribution in [0.1, 0.15) is 24.8 Å². The van der Waals surface area contributed by atoms with Gasteiger partial charge in [0.15, 0.2) is 0 Å². The van der Waals surface area contributed by atoms with Crippen LogP contribution in [0.4, 0.5) is 9.52 Å². The summed E-state index contributed by atoms with van der Waals surface area (Å²) in [6, 6.07) is 3.77. The maximum absolute atomic E-state index is 13.0. The Labute approximate surface area is 148 Å². The lowest BCUT2D eigenvalue weighted by Gasteiger charge is -2.22. The van der Waals surface area contributed by atoms with E-state index in [9.17, 15) is 17.6 Å². The van der Waals surface area contributed by atoms with Crippen molar-refractivity contribution in [1.29, 1.82) is 0 Å². The molecule has 1 N–H and O–H groups in total. The second-order valence-corrected chi connectivity index (χ2v) is 8.52. The highest BCUT2D eigenvalue weighted by Crippen LogP contribution is 2.27. The molecule has 2 aromatic rings. The van der Waals surface area contributed by atoms with Crippen molar-refractivity contribution in [2.24, 2.45) is 0 Å². The molecule has 1 aliphatic rings. The van der Waals surface area contributed by atoms with Gasteiger partial charge in [-0.15, -0.1) is 10.2 Å². The fourth-order valence-electron chi connectivity index (χ4n) is 2.67. The summed E-state index contributed by atoms with van der Waals surface area (Å²) in [5.41, 5.74) is 0. The van der Waals surface area contributed by atoms with E-state index in [2.05, 4.69) is 15.5 Å². The van der Waals surface area contributed by atoms with E-state index in [0.29, 0.717) is 24.4 Å². The number of aryl methyl sites for hydroxylation is 1. The number of anilines is 1. The normalized spacial score (nSPS) is 18.4. The third-order valence-corrected chi connectivity index (χ3v) is 6.83. The van der Waals surface area contributed by atoms with E-state index in [1.807, 2.05) is 6.92 Å². The number of hydrogen-bond acceptors (Lipinski definition) is 6. The highest BCUT2D eigenvalue weighted by molar-refractivity contribution is 7.89. The van der Waals surface area contributed by atoms with Gasteiger partial charge in [-0.3, -0.25) is 10.1 Å². The minimum absolute atomic E-state index is 0.0298. The summed E-state index contributed by atoms with van der Waals surface area (Å²) in [6.45, 7) is 2.17. The van der Waals surface area contributed by atoms with E-state index < -0.39 is 27.8 Å². The van der Waals surface area contributed by atoms with Gasteiger partial charge in [-0.25, -0.2) is 12.8 Å². The predicted octanol–water partition coefficient (Wildman–Crippen LogP) is 2.03. The Kier molecular flexibility index (Phi) is 5.11. The Morgan fingerprint density at radius 1 is 1.36 bits per heavy atom. The van der Waals surface area contributed by atoms with Gasteiger partial charge in [-0.2, -0.15) is 4.31 Å². The van der Waals surface area contributed by atoms with Gasteiger partial charge in [0.2, 0.25) is 21.1 Å². The van der Waals surface area contributed by atoms with Crippen LogP contribution in [-0.2, 0) is 21.2 Å². The van der Waals surface area contributed by atoms with Crippen molar-refractivity contribution >= 4 is 32.4 Å². The van der Waals surface area contributed by atoms with Crippen molar-refractivity contribution < 1.29 is 17.6 Å². The number of nitrogens with zero attached hydrogens (tertiary/aromatic N) is 3. The predicted molar refractivity (Wildman–Crippen MR) is 91.2 cm³/mol. The molecule has 10 heteroatoms. The van der Waals surface area contributed by atoms with E-state index in [1.54, 1.807) is 0 Å². The topological polar surface area (TPSA) is 92.3 Å². The molecule has 1 aromatic heterocycles. The molecule has 2 heterocycles. The number of rotatable bonds is 5. The third kappa shape index (κ3) is 3.70. The second-order valence-electron chi connectivity index (χ2n) is 5.57. The minimum atomic E-state index is -3.87. The zero-order chi connectivity index (χ0) is 18.0. The molecule has 1 saturated heterocycles. The molecule has 1 atom stereocenters.